The van der Waals surface area contributed by atoms with Gasteiger partial charge in [-0.15, -0.1) is 10.2 Å². The number of sulfone groups is 1. The highest BCUT2D eigenvalue weighted by molar-refractivity contribution is 7.90. The second-order valence-electron chi connectivity index (χ2n) is 7.12. The molecule has 4 aromatic rings. The maximum absolute atomic E-state index is 13.9. The van der Waals surface area contributed by atoms with Crippen LogP contribution in [0.1, 0.15) is 11.5 Å². The van der Waals surface area contributed by atoms with Crippen LogP contribution in [0.5, 0.6) is 0 Å². The first-order valence-corrected chi connectivity index (χ1v) is 11.9. The van der Waals surface area contributed by atoms with Gasteiger partial charge in [0.25, 0.3) is 5.89 Å². The average molecular weight is 487 g/mol. The van der Waals surface area contributed by atoms with Crippen molar-refractivity contribution in [2.75, 3.05) is 23.9 Å². The fourth-order valence-electron chi connectivity index (χ4n) is 2.81. The lowest BCUT2D eigenvalue weighted by atomic mass is 10.2. The molecule has 0 radical (unpaired) electrons. The molecule has 2 aromatic carbocycles. The standard InChI is InChI=1S/C14H13FN6O3S.C8H10O/c1-7-20-21-13(24-7)9-6-17-14(19-12(9)16)18-8-3-4-11(10(15)5-8)25(2,22)23;9-7-6-8-4-2-1-3-5-8/h3-6H,1-2H3,(H3,16,17,18,19);1-5,9H,6-7H2. The van der Waals surface area contributed by atoms with Gasteiger partial charge in [-0.3, -0.25) is 0 Å². The number of hydrogen-bond acceptors (Lipinski definition) is 10. The Hall–Kier alpha value is -3.90. The summed E-state index contributed by atoms with van der Waals surface area (Å²) >= 11 is 0. The predicted octanol–water partition coefficient (Wildman–Crippen LogP) is 2.92. The summed E-state index contributed by atoms with van der Waals surface area (Å²) in [7, 11) is -3.64. The summed E-state index contributed by atoms with van der Waals surface area (Å²) < 4.78 is 42.0. The van der Waals surface area contributed by atoms with E-state index < -0.39 is 15.7 Å². The molecule has 0 spiro atoms. The van der Waals surface area contributed by atoms with Gasteiger partial charge >= 0.3 is 0 Å². The lowest BCUT2D eigenvalue weighted by Gasteiger charge is -2.08. The van der Waals surface area contributed by atoms with E-state index in [1.807, 2.05) is 30.3 Å². The van der Waals surface area contributed by atoms with Gasteiger partial charge in [0.15, 0.2) is 9.84 Å². The van der Waals surface area contributed by atoms with Crippen LogP contribution in [0.25, 0.3) is 11.5 Å². The van der Waals surface area contributed by atoms with E-state index >= 15 is 0 Å². The van der Waals surface area contributed by atoms with Crippen molar-refractivity contribution in [3.63, 3.8) is 0 Å². The Bertz CT molecular complexity index is 1360. The van der Waals surface area contributed by atoms with E-state index in [2.05, 4.69) is 25.5 Å². The highest BCUT2D eigenvalue weighted by Crippen LogP contribution is 2.25. The molecule has 0 aliphatic carbocycles. The molecule has 0 unspecified atom stereocenters. The summed E-state index contributed by atoms with van der Waals surface area (Å²) in [5.41, 5.74) is 7.68. The zero-order chi connectivity index (χ0) is 24.7. The lowest BCUT2D eigenvalue weighted by Crippen LogP contribution is -2.04. The van der Waals surface area contributed by atoms with E-state index in [4.69, 9.17) is 15.3 Å². The summed E-state index contributed by atoms with van der Waals surface area (Å²) in [5, 5.41) is 18.8. The molecule has 2 aromatic heterocycles. The molecule has 34 heavy (non-hydrogen) atoms. The molecule has 0 saturated carbocycles. The molecule has 0 aliphatic heterocycles. The maximum atomic E-state index is 13.9. The molecule has 0 aliphatic rings. The van der Waals surface area contributed by atoms with E-state index in [1.54, 1.807) is 6.92 Å². The highest BCUT2D eigenvalue weighted by atomic mass is 32.2. The molecule has 2 heterocycles. The van der Waals surface area contributed by atoms with Crippen LogP contribution in [0.4, 0.5) is 21.8 Å². The smallest absolute Gasteiger partial charge is 0.253 e. The van der Waals surface area contributed by atoms with E-state index in [1.165, 1.54) is 17.8 Å². The van der Waals surface area contributed by atoms with E-state index in [0.29, 0.717) is 11.5 Å². The van der Waals surface area contributed by atoms with Crippen LogP contribution < -0.4 is 11.1 Å². The van der Waals surface area contributed by atoms with Gasteiger partial charge < -0.3 is 20.6 Å². The molecule has 10 nitrogen and oxygen atoms in total. The number of anilines is 3. The van der Waals surface area contributed by atoms with Crippen molar-refractivity contribution in [1.82, 2.24) is 20.2 Å². The number of aliphatic hydroxyl groups is 1. The minimum absolute atomic E-state index is 0.0920. The first kappa shape index (κ1) is 24.7. The largest absolute Gasteiger partial charge is 0.421 e. The Morgan fingerprint density at radius 1 is 1.15 bits per heavy atom. The number of rotatable bonds is 6. The number of hydrogen-bond donors (Lipinski definition) is 3. The number of aryl methyl sites for hydroxylation is 1. The molecule has 0 amide bonds. The van der Waals surface area contributed by atoms with Crippen molar-refractivity contribution in [2.45, 2.75) is 18.2 Å². The Kier molecular flexibility index (Phi) is 7.87. The summed E-state index contributed by atoms with van der Waals surface area (Å²) in [6.07, 6.45) is 3.08. The summed E-state index contributed by atoms with van der Waals surface area (Å²) in [6, 6.07) is 13.5. The third-order valence-electron chi connectivity index (χ3n) is 4.41. The Morgan fingerprint density at radius 2 is 1.88 bits per heavy atom. The van der Waals surface area contributed by atoms with Gasteiger partial charge in [-0.25, -0.2) is 17.8 Å². The minimum Gasteiger partial charge on any atom is -0.421 e. The Morgan fingerprint density at radius 3 is 2.44 bits per heavy atom. The van der Waals surface area contributed by atoms with Crippen LogP contribution >= 0.6 is 0 Å². The van der Waals surface area contributed by atoms with Gasteiger partial charge in [0.05, 0.1) is 5.56 Å². The zero-order valence-corrected chi connectivity index (χ0v) is 19.3. The zero-order valence-electron chi connectivity index (χ0n) is 18.4. The molecule has 4 rings (SSSR count). The molecule has 178 valence electrons. The quantitative estimate of drug-likeness (QED) is 0.370. The van der Waals surface area contributed by atoms with Gasteiger partial charge in [0, 0.05) is 31.7 Å². The molecule has 0 fully saturated rings. The van der Waals surface area contributed by atoms with Crippen molar-refractivity contribution < 1.29 is 22.3 Å². The number of aromatic nitrogens is 4. The van der Waals surface area contributed by atoms with Gasteiger partial charge in [-0.1, -0.05) is 30.3 Å². The topological polar surface area (TPSA) is 157 Å². The highest BCUT2D eigenvalue weighted by Gasteiger charge is 2.15. The maximum Gasteiger partial charge on any atom is 0.253 e. The lowest BCUT2D eigenvalue weighted by molar-refractivity contribution is 0.299. The van der Waals surface area contributed by atoms with Gasteiger partial charge in [-0.05, 0) is 30.2 Å². The number of halogens is 1. The normalized spacial score (nSPS) is 10.9. The number of aliphatic hydroxyl groups excluding tert-OH is 1. The molecule has 0 atom stereocenters. The van der Waals surface area contributed by atoms with Gasteiger partial charge in [0.1, 0.15) is 16.5 Å². The molecule has 4 N–H and O–H groups in total. The second kappa shape index (κ2) is 10.8. The van der Waals surface area contributed by atoms with Crippen LogP contribution in [0.15, 0.2) is 64.0 Å². The van der Waals surface area contributed by atoms with E-state index in [0.717, 1.165) is 24.8 Å². The Labute approximate surface area is 195 Å². The number of nitrogens with zero attached hydrogens (tertiary/aromatic N) is 4. The predicted molar refractivity (Wildman–Crippen MR) is 124 cm³/mol. The third-order valence-corrected chi connectivity index (χ3v) is 5.54. The fourth-order valence-corrected chi connectivity index (χ4v) is 3.54. The number of nitrogens with one attached hydrogen (secondary N) is 1. The number of benzene rings is 2. The fraction of sp³-hybridized carbons (Fsp3) is 0.182. The van der Waals surface area contributed by atoms with Crippen LogP contribution in [0.3, 0.4) is 0 Å². The van der Waals surface area contributed by atoms with Gasteiger partial charge in [-0.2, -0.15) is 4.98 Å². The minimum atomic E-state index is -3.64. The Balaban J connectivity index is 0.000000302. The van der Waals surface area contributed by atoms with Gasteiger partial charge in [0.2, 0.25) is 11.8 Å². The van der Waals surface area contributed by atoms with Crippen LogP contribution in [-0.4, -0.2) is 46.6 Å². The summed E-state index contributed by atoms with van der Waals surface area (Å²) in [4.78, 5) is 7.70. The number of nitrogen functional groups attached to an aromatic ring is 1. The molecule has 12 heteroatoms. The SMILES string of the molecule is Cc1nnc(-c2cnc(Nc3ccc(S(C)(=O)=O)c(F)c3)nc2N)o1.OCCc1ccccc1. The third kappa shape index (κ3) is 6.56. The van der Waals surface area contributed by atoms with Crippen molar-refractivity contribution in [1.29, 1.82) is 0 Å². The summed E-state index contributed by atoms with van der Waals surface area (Å²) in [6.45, 7) is 1.88. The number of nitrogens with two attached hydrogens (primary N) is 1. The van der Waals surface area contributed by atoms with Crippen molar-refractivity contribution in [3.8, 4) is 11.5 Å². The first-order valence-electron chi connectivity index (χ1n) is 10.0. The first-order chi connectivity index (χ1) is 16.2. The van der Waals surface area contributed by atoms with Crippen molar-refractivity contribution in [2.24, 2.45) is 0 Å². The van der Waals surface area contributed by atoms with E-state index in [-0.39, 0.29) is 34.8 Å². The molecular weight excluding hydrogens is 463 g/mol. The average Bonchev–Trinajstić information content (AvgIpc) is 3.20. The van der Waals surface area contributed by atoms with Crippen LogP contribution in [0.2, 0.25) is 0 Å². The molecular formula is C22H23FN6O4S. The van der Waals surface area contributed by atoms with Crippen molar-refractivity contribution in [3.05, 3.63) is 72.0 Å². The monoisotopic (exact) mass is 486 g/mol. The van der Waals surface area contributed by atoms with Crippen LogP contribution in [0, 0.1) is 12.7 Å². The van der Waals surface area contributed by atoms with E-state index in [9.17, 15) is 12.8 Å². The summed E-state index contributed by atoms with van der Waals surface area (Å²) in [5.74, 6) is -0.125. The molecule has 0 bridgehead atoms. The second-order valence-corrected chi connectivity index (χ2v) is 9.10. The van der Waals surface area contributed by atoms with Crippen molar-refractivity contribution >= 4 is 27.3 Å². The van der Waals surface area contributed by atoms with Crippen LogP contribution in [-0.2, 0) is 16.3 Å². The molecule has 0 saturated heterocycles.